The molecule has 4 heteroatoms. The number of rotatable bonds is 2. The molecule has 1 aromatic carbocycles. The Kier molecular flexibility index (Phi) is 3.36. The molecule has 0 radical (unpaired) electrons. The standard InChI is InChI=1S/C13H19NO3/c1-12(2,3)13(4,14-11(16)17)9-6-5-7-10(15)8-9/h5-8,14-15H,1-4H3,(H,16,17). The van der Waals surface area contributed by atoms with E-state index in [0.717, 1.165) is 5.56 Å². The number of amides is 1. The molecule has 1 rings (SSSR count). The van der Waals surface area contributed by atoms with Gasteiger partial charge in [-0.15, -0.1) is 0 Å². The number of carbonyl (C=O) groups is 1. The Balaban J connectivity index is 3.29. The lowest BCUT2D eigenvalue weighted by Crippen LogP contribution is -2.51. The Morgan fingerprint density at radius 2 is 1.82 bits per heavy atom. The molecule has 0 aliphatic heterocycles. The van der Waals surface area contributed by atoms with Crippen molar-refractivity contribution in [1.82, 2.24) is 5.32 Å². The molecule has 0 saturated carbocycles. The van der Waals surface area contributed by atoms with Gasteiger partial charge in [0.1, 0.15) is 5.75 Å². The van der Waals surface area contributed by atoms with E-state index in [1.807, 2.05) is 27.7 Å². The Morgan fingerprint density at radius 3 is 2.24 bits per heavy atom. The number of phenolic OH excluding ortho intramolecular Hbond substituents is 1. The van der Waals surface area contributed by atoms with E-state index < -0.39 is 11.6 Å². The minimum absolute atomic E-state index is 0.130. The van der Waals surface area contributed by atoms with Crippen molar-refractivity contribution >= 4 is 6.09 Å². The number of phenols is 1. The molecular weight excluding hydrogens is 218 g/mol. The third-order valence-corrected chi connectivity index (χ3v) is 3.28. The third kappa shape index (κ3) is 2.70. The first-order chi connectivity index (χ1) is 7.67. The highest BCUT2D eigenvalue weighted by molar-refractivity contribution is 5.66. The molecule has 0 heterocycles. The van der Waals surface area contributed by atoms with Crippen molar-refractivity contribution in [2.45, 2.75) is 33.2 Å². The van der Waals surface area contributed by atoms with Gasteiger partial charge in [0.15, 0.2) is 0 Å². The van der Waals surface area contributed by atoms with Gasteiger partial charge < -0.3 is 15.5 Å². The van der Waals surface area contributed by atoms with E-state index in [4.69, 9.17) is 5.11 Å². The van der Waals surface area contributed by atoms with Crippen molar-refractivity contribution in [3.63, 3.8) is 0 Å². The van der Waals surface area contributed by atoms with E-state index in [9.17, 15) is 9.90 Å². The second kappa shape index (κ2) is 4.28. The highest BCUT2D eigenvalue weighted by Crippen LogP contribution is 2.39. The molecule has 94 valence electrons. The first kappa shape index (κ1) is 13.4. The highest BCUT2D eigenvalue weighted by Gasteiger charge is 2.40. The van der Waals surface area contributed by atoms with Gasteiger partial charge in [-0.25, -0.2) is 4.79 Å². The maximum atomic E-state index is 10.9. The largest absolute Gasteiger partial charge is 0.508 e. The molecule has 4 nitrogen and oxygen atoms in total. The van der Waals surface area contributed by atoms with Crippen LogP contribution in [0.2, 0.25) is 0 Å². The molecule has 3 N–H and O–H groups in total. The van der Waals surface area contributed by atoms with Gasteiger partial charge in [-0.3, -0.25) is 0 Å². The zero-order valence-electron chi connectivity index (χ0n) is 10.6. The fourth-order valence-electron chi connectivity index (χ4n) is 1.72. The second-order valence-corrected chi connectivity index (χ2v) is 5.36. The minimum atomic E-state index is -1.08. The fraction of sp³-hybridized carbons (Fsp3) is 0.462. The molecule has 1 aromatic rings. The summed E-state index contributed by atoms with van der Waals surface area (Å²) in [6.45, 7) is 7.67. The van der Waals surface area contributed by atoms with Gasteiger partial charge in [0.2, 0.25) is 0 Å². The first-order valence-corrected chi connectivity index (χ1v) is 5.47. The van der Waals surface area contributed by atoms with Crippen molar-refractivity contribution in [3.8, 4) is 5.75 Å². The molecule has 0 bridgehead atoms. The van der Waals surface area contributed by atoms with Crippen molar-refractivity contribution in [2.75, 3.05) is 0 Å². The average Bonchev–Trinajstić information content (AvgIpc) is 2.14. The van der Waals surface area contributed by atoms with Gasteiger partial charge in [0, 0.05) is 0 Å². The van der Waals surface area contributed by atoms with E-state index in [0.29, 0.717) is 0 Å². The molecule has 0 aliphatic carbocycles. The van der Waals surface area contributed by atoms with Crippen molar-refractivity contribution in [2.24, 2.45) is 5.41 Å². The molecular formula is C13H19NO3. The smallest absolute Gasteiger partial charge is 0.405 e. The van der Waals surface area contributed by atoms with E-state index in [1.54, 1.807) is 24.3 Å². The zero-order chi connectivity index (χ0) is 13.3. The SMILES string of the molecule is CC(C)(C)C(C)(NC(=O)O)c1cccc(O)c1. The van der Waals surface area contributed by atoms with E-state index in [2.05, 4.69) is 5.32 Å². The van der Waals surface area contributed by atoms with Gasteiger partial charge in [-0.05, 0) is 30.0 Å². The lowest BCUT2D eigenvalue weighted by Gasteiger charge is -2.42. The zero-order valence-corrected chi connectivity index (χ0v) is 10.6. The number of nitrogens with one attached hydrogen (secondary N) is 1. The molecule has 0 aromatic heterocycles. The fourth-order valence-corrected chi connectivity index (χ4v) is 1.72. The summed E-state index contributed by atoms with van der Waals surface area (Å²) < 4.78 is 0. The second-order valence-electron chi connectivity index (χ2n) is 5.36. The lowest BCUT2D eigenvalue weighted by atomic mass is 9.70. The van der Waals surface area contributed by atoms with Gasteiger partial charge in [0.25, 0.3) is 0 Å². The Labute approximate surface area is 101 Å². The van der Waals surface area contributed by atoms with Gasteiger partial charge in [0.05, 0.1) is 5.54 Å². The monoisotopic (exact) mass is 237 g/mol. The molecule has 0 spiro atoms. The van der Waals surface area contributed by atoms with E-state index >= 15 is 0 Å². The van der Waals surface area contributed by atoms with Crippen LogP contribution in [0.25, 0.3) is 0 Å². The van der Waals surface area contributed by atoms with Crippen LogP contribution in [-0.4, -0.2) is 16.3 Å². The summed E-state index contributed by atoms with van der Waals surface area (Å²) in [6, 6.07) is 6.66. The van der Waals surface area contributed by atoms with Crippen molar-refractivity contribution < 1.29 is 15.0 Å². The lowest BCUT2D eigenvalue weighted by molar-refractivity contribution is 0.130. The van der Waals surface area contributed by atoms with Crippen molar-refractivity contribution in [1.29, 1.82) is 0 Å². The Hall–Kier alpha value is -1.71. The normalized spacial score (nSPS) is 15.1. The van der Waals surface area contributed by atoms with Crippen LogP contribution in [0.1, 0.15) is 33.3 Å². The Morgan fingerprint density at radius 1 is 1.24 bits per heavy atom. The third-order valence-electron chi connectivity index (χ3n) is 3.28. The molecule has 0 saturated heterocycles. The predicted octanol–water partition coefficient (Wildman–Crippen LogP) is 2.92. The number of carboxylic acid groups (broad SMARTS) is 1. The summed E-state index contributed by atoms with van der Waals surface area (Å²) in [5.74, 6) is 0.130. The topological polar surface area (TPSA) is 69.6 Å². The summed E-state index contributed by atoms with van der Waals surface area (Å²) >= 11 is 0. The quantitative estimate of drug-likeness (QED) is 0.740. The predicted molar refractivity (Wildman–Crippen MR) is 66.1 cm³/mol. The van der Waals surface area contributed by atoms with Crippen LogP contribution < -0.4 is 5.32 Å². The van der Waals surface area contributed by atoms with Gasteiger partial charge in [-0.1, -0.05) is 32.9 Å². The summed E-state index contributed by atoms with van der Waals surface area (Å²) in [5, 5.41) is 21.0. The number of hydrogen-bond acceptors (Lipinski definition) is 2. The van der Waals surface area contributed by atoms with Crippen LogP contribution in [0.3, 0.4) is 0 Å². The molecule has 0 fully saturated rings. The van der Waals surface area contributed by atoms with Gasteiger partial charge in [-0.2, -0.15) is 0 Å². The van der Waals surface area contributed by atoms with E-state index in [1.165, 1.54) is 0 Å². The van der Waals surface area contributed by atoms with Crippen LogP contribution >= 0.6 is 0 Å². The molecule has 1 amide bonds. The van der Waals surface area contributed by atoms with Crippen molar-refractivity contribution in [3.05, 3.63) is 29.8 Å². The Bertz CT molecular complexity index is 423. The molecule has 1 atom stereocenters. The maximum absolute atomic E-state index is 10.9. The summed E-state index contributed by atoms with van der Waals surface area (Å²) in [6.07, 6.45) is -1.08. The van der Waals surface area contributed by atoms with E-state index in [-0.39, 0.29) is 11.2 Å². The van der Waals surface area contributed by atoms with Crippen LogP contribution in [0.15, 0.2) is 24.3 Å². The number of benzene rings is 1. The highest BCUT2D eigenvalue weighted by atomic mass is 16.4. The minimum Gasteiger partial charge on any atom is -0.508 e. The van der Waals surface area contributed by atoms with Crippen LogP contribution in [-0.2, 0) is 5.54 Å². The maximum Gasteiger partial charge on any atom is 0.405 e. The number of aromatic hydroxyl groups is 1. The molecule has 0 aliphatic rings. The number of hydrogen-bond donors (Lipinski definition) is 3. The van der Waals surface area contributed by atoms with Crippen LogP contribution in [0.5, 0.6) is 5.75 Å². The average molecular weight is 237 g/mol. The first-order valence-electron chi connectivity index (χ1n) is 5.47. The van der Waals surface area contributed by atoms with Crippen LogP contribution in [0, 0.1) is 5.41 Å². The van der Waals surface area contributed by atoms with Gasteiger partial charge >= 0.3 is 6.09 Å². The molecule has 1 unspecified atom stereocenters. The summed E-state index contributed by atoms with van der Waals surface area (Å²) in [7, 11) is 0. The summed E-state index contributed by atoms with van der Waals surface area (Å²) in [5.41, 5.74) is -0.344. The van der Waals surface area contributed by atoms with Crippen LogP contribution in [0.4, 0.5) is 4.79 Å². The molecule has 17 heavy (non-hydrogen) atoms. The summed E-state index contributed by atoms with van der Waals surface area (Å²) in [4.78, 5) is 10.9.